The third-order valence-electron chi connectivity index (χ3n) is 1.13. The Hall–Kier alpha value is -1.77. The summed E-state index contributed by atoms with van der Waals surface area (Å²) in [6.07, 6.45) is 1.67. The first-order chi connectivity index (χ1) is 6.70. The second kappa shape index (κ2) is 7.86. The quantitative estimate of drug-likeness (QED) is 0.219. The highest BCUT2D eigenvalue weighted by atomic mass is 16.6. The molecule has 0 aromatic carbocycles. The van der Waals surface area contributed by atoms with E-state index in [1.807, 2.05) is 13.8 Å². The lowest BCUT2D eigenvalue weighted by Crippen LogP contribution is -2.36. The molecule has 14 heavy (non-hydrogen) atoms. The molecule has 0 unspecified atom stereocenters. The van der Waals surface area contributed by atoms with Gasteiger partial charge in [0.25, 0.3) is 0 Å². The van der Waals surface area contributed by atoms with Crippen LogP contribution in [0.25, 0.3) is 0 Å². The summed E-state index contributed by atoms with van der Waals surface area (Å²) in [5, 5.41) is 17.6. The third-order valence-corrected chi connectivity index (χ3v) is 1.13. The van der Waals surface area contributed by atoms with Crippen LogP contribution in [0.5, 0.6) is 0 Å². The van der Waals surface area contributed by atoms with Crippen molar-refractivity contribution < 1.29 is 4.84 Å². The highest BCUT2D eigenvalue weighted by molar-refractivity contribution is 5.80. The van der Waals surface area contributed by atoms with E-state index in [1.54, 1.807) is 13.2 Å². The summed E-state index contributed by atoms with van der Waals surface area (Å²) in [6.45, 7) is 4.67. The largest absolute Gasteiger partial charge is 0.394 e. The van der Waals surface area contributed by atoms with Crippen LogP contribution in [-0.2, 0) is 4.84 Å². The molecule has 0 aliphatic rings. The summed E-state index contributed by atoms with van der Waals surface area (Å²) in [5.41, 5.74) is 0.865. The Kier molecular flexibility index (Phi) is 6.86. The van der Waals surface area contributed by atoms with Gasteiger partial charge < -0.3 is 15.5 Å². The van der Waals surface area contributed by atoms with Gasteiger partial charge in [-0.1, -0.05) is 5.16 Å². The molecule has 0 heterocycles. The predicted octanol–water partition coefficient (Wildman–Crippen LogP) is 0.0449. The van der Waals surface area contributed by atoms with Crippen LogP contribution in [0.15, 0.2) is 10.1 Å². The molecule has 0 amide bonds. The zero-order valence-electron chi connectivity index (χ0n) is 8.66. The van der Waals surface area contributed by atoms with Crippen molar-refractivity contribution in [3.05, 3.63) is 0 Å². The summed E-state index contributed by atoms with van der Waals surface area (Å²) < 4.78 is 0. The average molecular weight is 197 g/mol. The van der Waals surface area contributed by atoms with Gasteiger partial charge in [0.15, 0.2) is 0 Å². The topological polar surface area (TPSA) is 81.8 Å². The Balaban J connectivity index is 3.59. The van der Waals surface area contributed by atoms with Gasteiger partial charge in [-0.25, -0.2) is 0 Å². The fourth-order valence-electron chi connectivity index (χ4n) is 0.624. The van der Waals surface area contributed by atoms with Gasteiger partial charge in [0.05, 0.1) is 12.3 Å². The molecule has 0 aliphatic carbocycles. The molecule has 0 rings (SSSR count). The van der Waals surface area contributed by atoms with Gasteiger partial charge in [-0.3, -0.25) is 0 Å². The standard InChI is InChI=1S/C8H15N5O/c1-7(2)13-14-5-4-11-8(10-3)12-6-9/h4-5H2,1-3H3,(H2,10,11,12). The minimum absolute atomic E-state index is 0.424. The molecule has 0 spiro atoms. The predicted molar refractivity (Wildman–Crippen MR) is 54.8 cm³/mol. The summed E-state index contributed by atoms with van der Waals surface area (Å²) in [5.74, 6) is 0.424. The number of rotatable bonds is 4. The smallest absolute Gasteiger partial charge is 0.209 e. The first kappa shape index (κ1) is 12.2. The second-order valence-corrected chi connectivity index (χ2v) is 2.61. The maximum Gasteiger partial charge on any atom is 0.209 e. The lowest BCUT2D eigenvalue weighted by Gasteiger charge is -2.05. The van der Waals surface area contributed by atoms with Crippen molar-refractivity contribution >= 4 is 11.7 Å². The van der Waals surface area contributed by atoms with Crippen LogP contribution >= 0.6 is 0 Å². The number of oxime groups is 1. The molecule has 6 nitrogen and oxygen atoms in total. The van der Waals surface area contributed by atoms with E-state index >= 15 is 0 Å². The van der Waals surface area contributed by atoms with E-state index in [0.29, 0.717) is 19.1 Å². The van der Waals surface area contributed by atoms with Gasteiger partial charge in [0.1, 0.15) is 6.61 Å². The molecule has 0 aromatic heterocycles. The van der Waals surface area contributed by atoms with Gasteiger partial charge in [0, 0.05) is 7.05 Å². The van der Waals surface area contributed by atoms with Crippen molar-refractivity contribution in [3.8, 4) is 6.19 Å². The van der Waals surface area contributed by atoms with Crippen molar-refractivity contribution in [1.82, 2.24) is 10.6 Å². The molecule has 0 fully saturated rings. The van der Waals surface area contributed by atoms with E-state index in [0.717, 1.165) is 5.71 Å². The zero-order chi connectivity index (χ0) is 10.8. The first-order valence-corrected chi connectivity index (χ1v) is 4.22. The van der Waals surface area contributed by atoms with Crippen LogP contribution in [-0.4, -0.2) is 31.9 Å². The summed E-state index contributed by atoms with van der Waals surface area (Å²) in [6, 6.07) is 0. The number of hydrogen-bond donors (Lipinski definition) is 2. The minimum Gasteiger partial charge on any atom is -0.394 e. The Bertz CT molecular complexity index is 249. The van der Waals surface area contributed by atoms with Gasteiger partial charge in [-0.2, -0.15) is 5.26 Å². The molecule has 78 valence electrons. The van der Waals surface area contributed by atoms with E-state index in [9.17, 15) is 0 Å². The number of guanidine groups is 1. The molecular formula is C8H15N5O. The van der Waals surface area contributed by atoms with Gasteiger partial charge in [-0.15, -0.1) is 4.99 Å². The molecule has 0 aromatic rings. The van der Waals surface area contributed by atoms with Crippen molar-refractivity contribution in [2.24, 2.45) is 10.1 Å². The first-order valence-electron chi connectivity index (χ1n) is 4.22. The molecule has 2 N–H and O–H groups in total. The van der Waals surface area contributed by atoms with E-state index < -0.39 is 0 Å². The van der Waals surface area contributed by atoms with Crippen molar-refractivity contribution in [1.29, 1.82) is 5.26 Å². The van der Waals surface area contributed by atoms with Crippen LogP contribution in [0.4, 0.5) is 0 Å². The van der Waals surface area contributed by atoms with E-state index in [4.69, 9.17) is 10.1 Å². The van der Waals surface area contributed by atoms with E-state index in [-0.39, 0.29) is 0 Å². The highest BCUT2D eigenvalue weighted by Gasteiger charge is 1.93. The molecular weight excluding hydrogens is 182 g/mol. The van der Waals surface area contributed by atoms with Gasteiger partial charge in [0.2, 0.25) is 12.2 Å². The number of aliphatic imine (C=N–C) groups is 1. The van der Waals surface area contributed by atoms with E-state index in [2.05, 4.69) is 20.8 Å². The Morgan fingerprint density at radius 2 is 2.21 bits per heavy atom. The summed E-state index contributed by atoms with van der Waals surface area (Å²) in [4.78, 5) is 8.41. The Labute approximate surface area is 83.6 Å². The van der Waals surface area contributed by atoms with Crippen molar-refractivity contribution in [2.75, 3.05) is 20.2 Å². The van der Waals surface area contributed by atoms with E-state index in [1.165, 1.54) is 0 Å². The highest BCUT2D eigenvalue weighted by Crippen LogP contribution is 1.78. The third kappa shape index (κ3) is 6.91. The van der Waals surface area contributed by atoms with Crippen LogP contribution < -0.4 is 10.6 Å². The second-order valence-electron chi connectivity index (χ2n) is 2.61. The van der Waals surface area contributed by atoms with Crippen LogP contribution in [0.3, 0.4) is 0 Å². The van der Waals surface area contributed by atoms with Crippen molar-refractivity contribution in [2.45, 2.75) is 13.8 Å². The maximum atomic E-state index is 8.27. The summed E-state index contributed by atoms with van der Waals surface area (Å²) in [7, 11) is 1.68. The number of nitrogens with zero attached hydrogens (tertiary/aromatic N) is 3. The molecule has 0 radical (unpaired) electrons. The zero-order valence-corrected chi connectivity index (χ0v) is 8.66. The van der Waals surface area contributed by atoms with Crippen LogP contribution in [0.2, 0.25) is 0 Å². The Morgan fingerprint density at radius 1 is 1.50 bits per heavy atom. The van der Waals surface area contributed by atoms with Gasteiger partial charge >= 0.3 is 0 Å². The number of nitriles is 1. The lowest BCUT2D eigenvalue weighted by molar-refractivity contribution is 0.149. The Morgan fingerprint density at radius 3 is 2.71 bits per heavy atom. The fraction of sp³-hybridized carbons (Fsp3) is 0.625. The molecule has 0 saturated heterocycles. The monoisotopic (exact) mass is 197 g/mol. The van der Waals surface area contributed by atoms with Crippen LogP contribution in [0, 0.1) is 11.5 Å². The molecule has 0 aliphatic heterocycles. The molecule has 0 atom stereocenters. The van der Waals surface area contributed by atoms with Crippen molar-refractivity contribution in [3.63, 3.8) is 0 Å². The minimum atomic E-state index is 0.424. The average Bonchev–Trinajstić information content (AvgIpc) is 2.15. The molecule has 6 heteroatoms. The van der Waals surface area contributed by atoms with Gasteiger partial charge in [-0.05, 0) is 13.8 Å². The molecule has 0 bridgehead atoms. The normalized spacial score (nSPS) is 10.0. The SMILES string of the molecule is CN/C(=N/C#N)NCCON=C(C)C. The molecule has 0 saturated carbocycles. The summed E-state index contributed by atoms with van der Waals surface area (Å²) >= 11 is 0. The maximum absolute atomic E-state index is 8.27. The number of nitrogens with one attached hydrogen (secondary N) is 2. The lowest BCUT2D eigenvalue weighted by atomic mass is 10.5. The number of hydrogen-bond acceptors (Lipinski definition) is 4. The fourth-order valence-corrected chi connectivity index (χ4v) is 0.624. The van der Waals surface area contributed by atoms with Crippen LogP contribution in [0.1, 0.15) is 13.8 Å².